The van der Waals surface area contributed by atoms with Gasteiger partial charge in [0.2, 0.25) is 0 Å². The molecule has 0 aliphatic rings. The van der Waals surface area contributed by atoms with Gasteiger partial charge >= 0.3 is 0 Å². The number of aliphatic hydroxyl groups excluding tert-OH is 1. The molecule has 0 aliphatic carbocycles. The maximum atomic E-state index is 9.45. The maximum Gasteiger partial charge on any atom is 0.119 e. The van der Waals surface area contributed by atoms with E-state index in [4.69, 9.17) is 4.74 Å². The van der Waals surface area contributed by atoms with Gasteiger partial charge in [0.1, 0.15) is 12.0 Å². The highest BCUT2D eigenvalue weighted by Crippen LogP contribution is 2.09. The highest BCUT2D eigenvalue weighted by atomic mass is 16.5. The third-order valence-electron chi connectivity index (χ3n) is 1.98. The summed E-state index contributed by atoms with van der Waals surface area (Å²) in [6, 6.07) is 9.61. The number of hydrogen-bond donors (Lipinski definition) is 1. The number of nitrogens with zero attached hydrogens (tertiary/aromatic N) is 1. The van der Waals surface area contributed by atoms with Crippen LogP contribution in [-0.2, 0) is 0 Å². The van der Waals surface area contributed by atoms with Crippen molar-refractivity contribution in [3.63, 3.8) is 0 Å². The fourth-order valence-electron chi connectivity index (χ4n) is 1.06. The Hall–Kier alpha value is -1.06. The van der Waals surface area contributed by atoms with Gasteiger partial charge in [-0.25, -0.2) is 0 Å². The van der Waals surface area contributed by atoms with Gasteiger partial charge in [-0.05, 0) is 26.2 Å². The molecule has 1 rings (SSSR count). The molecule has 3 nitrogen and oxygen atoms in total. The second-order valence-electron chi connectivity index (χ2n) is 3.39. The lowest BCUT2D eigenvalue weighted by Gasteiger charge is -2.18. The van der Waals surface area contributed by atoms with Gasteiger partial charge in [0.25, 0.3) is 0 Å². The van der Waals surface area contributed by atoms with Gasteiger partial charge in [-0.3, -0.25) is 4.90 Å². The molecule has 14 heavy (non-hydrogen) atoms. The zero-order valence-electron chi connectivity index (χ0n) is 8.68. The van der Waals surface area contributed by atoms with Crippen molar-refractivity contribution in [2.75, 3.05) is 20.7 Å². The minimum atomic E-state index is -0.432. The molecule has 1 aromatic carbocycles. The molecule has 0 amide bonds. The van der Waals surface area contributed by atoms with Crippen LogP contribution in [-0.4, -0.2) is 36.9 Å². The third kappa shape index (κ3) is 3.77. The first-order valence-electron chi connectivity index (χ1n) is 4.72. The second-order valence-corrected chi connectivity index (χ2v) is 3.39. The van der Waals surface area contributed by atoms with Gasteiger partial charge in [0.15, 0.2) is 0 Å². The van der Waals surface area contributed by atoms with Crippen LogP contribution in [0.3, 0.4) is 0 Å². The summed E-state index contributed by atoms with van der Waals surface area (Å²) in [6.45, 7) is 0.531. The van der Waals surface area contributed by atoms with Crippen molar-refractivity contribution in [3.8, 4) is 5.75 Å². The summed E-state index contributed by atoms with van der Waals surface area (Å²) >= 11 is 0. The fourth-order valence-corrected chi connectivity index (χ4v) is 1.06. The average molecular weight is 195 g/mol. The number of para-hydroxylation sites is 1. The summed E-state index contributed by atoms with van der Waals surface area (Å²) in [4.78, 5) is 1.76. The van der Waals surface area contributed by atoms with Gasteiger partial charge in [-0.15, -0.1) is 0 Å². The minimum Gasteiger partial charge on any atom is -0.493 e. The van der Waals surface area contributed by atoms with Crippen LogP contribution in [0.1, 0.15) is 6.42 Å². The number of hydrogen-bond acceptors (Lipinski definition) is 3. The molecule has 1 N–H and O–H groups in total. The second kappa shape index (κ2) is 5.62. The van der Waals surface area contributed by atoms with E-state index in [1.165, 1.54) is 0 Å². The average Bonchev–Trinajstić information content (AvgIpc) is 2.19. The molecule has 78 valence electrons. The molecule has 0 fully saturated rings. The quantitative estimate of drug-likeness (QED) is 0.720. The van der Waals surface area contributed by atoms with Crippen molar-refractivity contribution >= 4 is 0 Å². The van der Waals surface area contributed by atoms with Crippen LogP contribution in [0.2, 0.25) is 0 Å². The van der Waals surface area contributed by atoms with Crippen LogP contribution in [0.25, 0.3) is 0 Å². The van der Waals surface area contributed by atoms with Gasteiger partial charge in [-0.1, -0.05) is 18.2 Å². The van der Waals surface area contributed by atoms with E-state index < -0.39 is 6.23 Å². The highest BCUT2D eigenvalue weighted by molar-refractivity contribution is 5.20. The summed E-state index contributed by atoms with van der Waals surface area (Å²) in [5.41, 5.74) is 0. The number of rotatable bonds is 5. The molecule has 1 aromatic rings. The van der Waals surface area contributed by atoms with E-state index >= 15 is 0 Å². The smallest absolute Gasteiger partial charge is 0.119 e. The Morgan fingerprint density at radius 1 is 1.29 bits per heavy atom. The largest absolute Gasteiger partial charge is 0.493 e. The molecule has 0 aliphatic heterocycles. The number of ether oxygens (including phenoxy) is 1. The molecule has 0 aromatic heterocycles. The summed E-state index contributed by atoms with van der Waals surface area (Å²) in [5.74, 6) is 0.846. The van der Waals surface area contributed by atoms with E-state index in [0.29, 0.717) is 13.0 Å². The first-order chi connectivity index (χ1) is 6.70. The van der Waals surface area contributed by atoms with E-state index in [-0.39, 0.29) is 0 Å². The monoisotopic (exact) mass is 195 g/mol. The molecule has 0 spiro atoms. The summed E-state index contributed by atoms with van der Waals surface area (Å²) in [5, 5.41) is 9.45. The SMILES string of the molecule is CN(C)C(O)CCOc1ccccc1. The van der Waals surface area contributed by atoms with Crippen LogP contribution >= 0.6 is 0 Å². The molecule has 0 radical (unpaired) electrons. The Bertz CT molecular complexity index is 249. The molecule has 0 bridgehead atoms. The van der Waals surface area contributed by atoms with Crippen LogP contribution in [0.5, 0.6) is 5.75 Å². The van der Waals surface area contributed by atoms with Crippen molar-refractivity contribution in [1.29, 1.82) is 0 Å². The Morgan fingerprint density at radius 3 is 2.50 bits per heavy atom. The van der Waals surface area contributed by atoms with Crippen molar-refractivity contribution in [1.82, 2.24) is 4.90 Å². The number of benzene rings is 1. The highest BCUT2D eigenvalue weighted by Gasteiger charge is 2.05. The molecule has 1 atom stereocenters. The van der Waals surface area contributed by atoms with Crippen LogP contribution in [0.15, 0.2) is 30.3 Å². The van der Waals surface area contributed by atoms with E-state index in [1.54, 1.807) is 4.90 Å². The molecular formula is C11H17NO2. The summed E-state index contributed by atoms with van der Waals surface area (Å²) in [7, 11) is 3.68. The van der Waals surface area contributed by atoms with Gasteiger partial charge in [0, 0.05) is 6.42 Å². The summed E-state index contributed by atoms with van der Waals surface area (Å²) in [6.07, 6.45) is 0.181. The van der Waals surface area contributed by atoms with E-state index in [9.17, 15) is 5.11 Å². The zero-order chi connectivity index (χ0) is 10.4. The topological polar surface area (TPSA) is 32.7 Å². The molecular weight excluding hydrogens is 178 g/mol. The van der Waals surface area contributed by atoms with E-state index in [1.807, 2.05) is 44.4 Å². The van der Waals surface area contributed by atoms with Gasteiger partial charge in [0.05, 0.1) is 6.61 Å². The Balaban J connectivity index is 2.22. The van der Waals surface area contributed by atoms with Gasteiger partial charge in [-0.2, -0.15) is 0 Å². The van der Waals surface area contributed by atoms with Gasteiger partial charge < -0.3 is 9.84 Å². The lowest BCUT2D eigenvalue weighted by Crippen LogP contribution is -2.29. The van der Waals surface area contributed by atoms with E-state index in [2.05, 4.69) is 0 Å². The molecule has 3 heteroatoms. The Morgan fingerprint density at radius 2 is 1.93 bits per heavy atom. The van der Waals surface area contributed by atoms with Crippen LogP contribution in [0, 0.1) is 0 Å². The van der Waals surface area contributed by atoms with E-state index in [0.717, 1.165) is 5.75 Å². The standard InChI is InChI=1S/C11H17NO2/c1-12(2)11(13)8-9-14-10-6-4-3-5-7-10/h3-7,11,13H,8-9H2,1-2H3. The summed E-state index contributed by atoms with van der Waals surface area (Å²) < 4.78 is 5.44. The van der Waals surface area contributed by atoms with Crippen molar-refractivity contribution < 1.29 is 9.84 Å². The molecule has 0 heterocycles. The predicted octanol–water partition coefficient (Wildman–Crippen LogP) is 1.34. The first kappa shape index (κ1) is 11.0. The Labute approximate surface area is 84.9 Å². The van der Waals surface area contributed by atoms with Crippen molar-refractivity contribution in [3.05, 3.63) is 30.3 Å². The van der Waals surface area contributed by atoms with Crippen LogP contribution in [0.4, 0.5) is 0 Å². The maximum absolute atomic E-state index is 9.45. The Kier molecular flexibility index (Phi) is 4.43. The number of aliphatic hydroxyl groups is 1. The normalized spacial score (nSPS) is 12.9. The zero-order valence-corrected chi connectivity index (χ0v) is 8.68. The first-order valence-corrected chi connectivity index (χ1v) is 4.72. The molecule has 1 unspecified atom stereocenters. The minimum absolute atomic E-state index is 0.432. The fraction of sp³-hybridized carbons (Fsp3) is 0.455. The van der Waals surface area contributed by atoms with Crippen molar-refractivity contribution in [2.24, 2.45) is 0 Å². The van der Waals surface area contributed by atoms with Crippen molar-refractivity contribution in [2.45, 2.75) is 12.6 Å². The third-order valence-corrected chi connectivity index (χ3v) is 1.98. The lowest BCUT2D eigenvalue weighted by molar-refractivity contribution is 0.0226. The molecule has 0 saturated heterocycles. The molecule has 0 saturated carbocycles. The lowest BCUT2D eigenvalue weighted by atomic mass is 10.3. The van der Waals surface area contributed by atoms with Crippen LogP contribution < -0.4 is 4.74 Å². The predicted molar refractivity (Wildman–Crippen MR) is 56.2 cm³/mol.